The molecule has 356 valence electrons. The molecule has 0 fully saturated rings. The number of carbonyl (C=O) groups is 1. The van der Waals surface area contributed by atoms with E-state index in [0.29, 0.717) is 12.8 Å². The Kier molecular flexibility index (Phi) is 50.8. The lowest BCUT2D eigenvalue weighted by molar-refractivity contribution is -0.123. The molecule has 4 nitrogen and oxygen atoms in total. The molecule has 2 unspecified atom stereocenters. The van der Waals surface area contributed by atoms with Crippen LogP contribution in [0.25, 0.3) is 0 Å². The summed E-state index contributed by atoms with van der Waals surface area (Å²) in [6.07, 6.45) is 73.6. The number of allylic oxidation sites excluding steroid dienone is 10. The van der Waals surface area contributed by atoms with Gasteiger partial charge in [0.15, 0.2) is 0 Å². The Hall–Kier alpha value is -1.91. The fraction of sp³-hybridized carbons (Fsp3) is 0.807. The highest BCUT2D eigenvalue weighted by molar-refractivity contribution is 5.76. The van der Waals surface area contributed by atoms with E-state index in [9.17, 15) is 15.0 Å². The van der Waals surface area contributed by atoms with Crippen LogP contribution in [-0.2, 0) is 4.79 Å². The van der Waals surface area contributed by atoms with Crippen molar-refractivity contribution in [3.63, 3.8) is 0 Å². The number of aliphatic hydroxyl groups is 2. The van der Waals surface area contributed by atoms with Gasteiger partial charge in [-0.1, -0.05) is 280 Å². The van der Waals surface area contributed by atoms with Crippen LogP contribution in [0.2, 0.25) is 0 Å². The SMILES string of the molecule is CC/C=C\C/C=C\C/C=C\C/C=C\C/C=C\CCCC(=O)NC(CO)C(O)CCCCCCCCCCCCCCCCCCCCCCCCCCCCCCCCCC. The minimum atomic E-state index is -0.687. The molecule has 1 amide bonds. The lowest BCUT2D eigenvalue weighted by Crippen LogP contribution is -2.45. The van der Waals surface area contributed by atoms with Gasteiger partial charge in [0.25, 0.3) is 0 Å². The fourth-order valence-corrected chi connectivity index (χ4v) is 8.22. The molecule has 61 heavy (non-hydrogen) atoms. The molecule has 0 spiro atoms. The summed E-state index contributed by atoms with van der Waals surface area (Å²) in [7, 11) is 0. The molecule has 2 atom stereocenters. The van der Waals surface area contributed by atoms with Crippen molar-refractivity contribution in [3.05, 3.63) is 60.8 Å². The highest BCUT2D eigenvalue weighted by Crippen LogP contribution is 2.17. The smallest absolute Gasteiger partial charge is 0.220 e. The Morgan fingerprint density at radius 1 is 0.410 bits per heavy atom. The van der Waals surface area contributed by atoms with Crippen LogP contribution in [0.5, 0.6) is 0 Å². The molecule has 4 heteroatoms. The average molecular weight is 852 g/mol. The van der Waals surface area contributed by atoms with E-state index < -0.39 is 12.1 Å². The summed E-state index contributed by atoms with van der Waals surface area (Å²) < 4.78 is 0. The molecule has 0 aromatic rings. The quantitative estimate of drug-likeness (QED) is 0.0422. The highest BCUT2D eigenvalue weighted by Gasteiger charge is 2.19. The molecule has 0 aromatic carbocycles. The van der Waals surface area contributed by atoms with E-state index in [1.165, 1.54) is 193 Å². The predicted octanol–water partition coefficient (Wildman–Crippen LogP) is 17.6. The van der Waals surface area contributed by atoms with E-state index in [-0.39, 0.29) is 12.5 Å². The van der Waals surface area contributed by atoms with Crippen LogP contribution in [0.3, 0.4) is 0 Å². The van der Waals surface area contributed by atoms with Crippen LogP contribution >= 0.6 is 0 Å². The number of rotatable bonds is 49. The van der Waals surface area contributed by atoms with Gasteiger partial charge in [-0.15, -0.1) is 0 Å². The third kappa shape index (κ3) is 49.0. The maximum Gasteiger partial charge on any atom is 0.220 e. The number of unbranched alkanes of at least 4 members (excludes halogenated alkanes) is 32. The van der Waals surface area contributed by atoms with Crippen molar-refractivity contribution >= 4 is 5.91 Å². The largest absolute Gasteiger partial charge is 0.394 e. The Balaban J connectivity index is 3.47. The maximum absolute atomic E-state index is 12.4. The van der Waals surface area contributed by atoms with Crippen molar-refractivity contribution in [2.75, 3.05) is 6.61 Å². The van der Waals surface area contributed by atoms with Crippen LogP contribution in [0.4, 0.5) is 0 Å². The summed E-state index contributed by atoms with van der Waals surface area (Å²) in [6.45, 7) is 4.24. The van der Waals surface area contributed by atoms with Crippen LogP contribution in [0.1, 0.15) is 277 Å². The fourth-order valence-electron chi connectivity index (χ4n) is 8.22. The van der Waals surface area contributed by atoms with E-state index in [4.69, 9.17) is 0 Å². The van der Waals surface area contributed by atoms with Crippen molar-refractivity contribution in [3.8, 4) is 0 Å². The first-order valence-corrected chi connectivity index (χ1v) is 27.0. The normalized spacial score (nSPS) is 13.3. The highest BCUT2D eigenvalue weighted by atomic mass is 16.3. The van der Waals surface area contributed by atoms with Crippen LogP contribution in [-0.4, -0.2) is 34.9 Å². The molecule has 0 radical (unpaired) electrons. The zero-order chi connectivity index (χ0) is 44.2. The van der Waals surface area contributed by atoms with Gasteiger partial charge >= 0.3 is 0 Å². The Morgan fingerprint density at radius 3 is 1.02 bits per heavy atom. The second-order valence-electron chi connectivity index (χ2n) is 18.3. The zero-order valence-corrected chi connectivity index (χ0v) is 40.9. The van der Waals surface area contributed by atoms with Gasteiger partial charge in [0, 0.05) is 6.42 Å². The topological polar surface area (TPSA) is 69.6 Å². The molecule has 0 aliphatic heterocycles. The van der Waals surface area contributed by atoms with Gasteiger partial charge in [0.05, 0.1) is 18.8 Å². The molecule has 0 rings (SSSR count). The molecular formula is C57H105NO3. The lowest BCUT2D eigenvalue weighted by atomic mass is 10.0. The standard InChI is InChI=1S/C57H105NO3/c1-3-5-7-9-11-13-15-17-19-21-22-23-24-25-26-27-28-29-30-31-32-33-34-35-37-38-40-42-44-46-48-50-52-56(60)55(54-59)58-57(61)53-51-49-47-45-43-41-39-36-20-18-16-14-12-10-8-6-4-2/h6,8,12,14,18,20,39,41,45,47,55-56,59-60H,3-5,7,9-11,13,15-17,19,21-38,40,42-44,46,48-54H2,1-2H3,(H,58,61)/b8-6-,14-12-,20-18-,41-39-,47-45-. The average Bonchev–Trinajstić information content (AvgIpc) is 3.26. The molecule has 0 saturated carbocycles. The van der Waals surface area contributed by atoms with Gasteiger partial charge in [-0.25, -0.2) is 0 Å². The molecule has 0 saturated heterocycles. The number of aliphatic hydroxyl groups excluding tert-OH is 2. The van der Waals surface area contributed by atoms with Gasteiger partial charge in [0.1, 0.15) is 0 Å². The summed E-state index contributed by atoms with van der Waals surface area (Å²) in [5.74, 6) is -0.0866. The molecule has 0 aromatic heterocycles. The van der Waals surface area contributed by atoms with Crippen molar-refractivity contribution in [1.29, 1.82) is 0 Å². The molecular weight excluding hydrogens is 747 g/mol. The first-order valence-electron chi connectivity index (χ1n) is 27.0. The number of hydrogen-bond donors (Lipinski definition) is 3. The first-order chi connectivity index (χ1) is 30.2. The van der Waals surface area contributed by atoms with Crippen molar-refractivity contribution in [2.45, 2.75) is 289 Å². The summed E-state index contributed by atoms with van der Waals surface area (Å²) in [6, 6.07) is -0.570. The molecule has 0 heterocycles. The Bertz CT molecular complexity index is 1010. The zero-order valence-electron chi connectivity index (χ0n) is 40.9. The van der Waals surface area contributed by atoms with Crippen LogP contribution < -0.4 is 5.32 Å². The predicted molar refractivity (Wildman–Crippen MR) is 271 cm³/mol. The first kappa shape index (κ1) is 59.1. The second kappa shape index (κ2) is 52.4. The molecule has 0 aliphatic carbocycles. The van der Waals surface area contributed by atoms with E-state index >= 15 is 0 Å². The third-order valence-corrected chi connectivity index (χ3v) is 12.3. The summed E-state index contributed by atoms with van der Waals surface area (Å²) >= 11 is 0. The number of carbonyl (C=O) groups excluding carboxylic acids is 1. The van der Waals surface area contributed by atoms with Gasteiger partial charge in [-0.3, -0.25) is 4.79 Å². The van der Waals surface area contributed by atoms with Crippen molar-refractivity contribution in [1.82, 2.24) is 5.32 Å². The van der Waals surface area contributed by atoms with Gasteiger partial charge < -0.3 is 15.5 Å². The van der Waals surface area contributed by atoms with Gasteiger partial charge in [0.2, 0.25) is 5.91 Å². The number of nitrogens with one attached hydrogen (secondary N) is 1. The Morgan fingerprint density at radius 2 is 0.705 bits per heavy atom. The van der Waals surface area contributed by atoms with Crippen LogP contribution in [0, 0.1) is 0 Å². The van der Waals surface area contributed by atoms with Gasteiger partial charge in [-0.2, -0.15) is 0 Å². The molecule has 0 bridgehead atoms. The number of hydrogen-bond acceptors (Lipinski definition) is 3. The van der Waals surface area contributed by atoms with E-state index in [1.54, 1.807) is 0 Å². The van der Waals surface area contributed by atoms with Crippen molar-refractivity contribution in [2.24, 2.45) is 0 Å². The molecule has 3 N–H and O–H groups in total. The van der Waals surface area contributed by atoms with Crippen LogP contribution in [0.15, 0.2) is 60.8 Å². The summed E-state index contributed by atoms with van der Waals surface area (Å²) in [4.78, 5) is 12.4. The lowest BCUT2D eigenvalue weighted by Gasteiger charge is -2.22. The Labute approximate surface area is 381 Å². The maximum atomic E-state index is 12.4. The van der Waals surface area contributed by atoms with Gasteiger partial charge in [-0.05, 0) is 51.4 Å². The van der Waals surface area contributed by atoms with E-state index in [2.05, 4.69) is 79.9 Å². The summed E-state index contributed by atoms with van der Waals surface area (Å²) in [5, 5.41) is 23.2. The monoisotopic (exact) mass is 852 g/mol. The summed E-state index contributed by atoms with van der Waals surface area (Å²) in [5.41, 5.74) is 0. The van der Waals surface area contributed by atoms with Crippen molar-refractivity contribution < 1.29 is 15.0 Å². The second-order valence-corrected chi connectivity index (χ2v) is 18.3. The van der Waals surface area contributed by atoms with E-state index in [1.807, 2.05) is 0 Å². The minimum Gasteiger partial charge on any atom is -0.394 e. The minimum absolute atomic E-state index is 0.0866. The molecule has 0 aliphatic rings. The third-order valence-electron chi connectivity index (χ3n) is 12.3. The number of amides is 1. The van der Waals surface area contributed by atoms with E-state index in [0.717, 1.165) is 57.8 Å².